The Balaban J connectivity index is 6.38. The molecule has 0 radical (unpaired) electrons. The normalized spacial score (nSPS) is 15.8. The van der Waals surface area contributed by atoms with Crippen molar-refractivity contribution < 1.29 is 0 Å². The summed E-state index contributed by atoms with van der Waals surface area (Å²) >= 11 is 0. The van der Waals surface area contributed by atoms with Crippen molar-refractivity contribution in [1.82, 2.24) is 0 Å². The molecule has 0 saturated carbocycles. The van der Waals surface area contributed by atoms with E-state index in [1.165, 1.54) is 95.5 Å². The molecule has 36 heavy (non-hydrogen) atoms. The number of hydrogen-bond donors (Lipinski definition) is 0. The van der Waals surface area contributed by atoms with Crippen LogP contribution in [0.5, 0.6) is 0 Å². The van der Waals surface area contributed by atoms with E-state index in [4.69, 9.17) is 6.58 Å². The number of hydrogen-bond acceptors (Lipinski definition) is 0. The molecule has 0 aromatic rings. The lowest BCUT2D eigenvalue weighted by Crippen LogP contribution is -2.35. The van der Waals surface area contributed by atoms with Crippen LogP contribution in [0.1, 0.15) is 137 Å². The maximum atomic E-state index is 4.70. The second kappa shape index (κ2) is 23.8. The Labute approximate surface area is 227 Å². The maximum Gasteiger partial charge on any atom is 0.0106 e. The van der Waals surface area contributed by atoms with Gasteiger partial charge in [-0.25, -0.2) is 0 Å². The molecule has 0 aromatic carbocycles. The van der Waals surface area contributed by atoms with Crippen LogP contribution in [0.3, 0.4) is 0 Å². The fourth-order valence-corrected chi connectivity index (χ4v) is 5.24. The molecule has 0 spiro atoms. The van der Waals surface area contributed by atoms with Crippen molar-refractivity contribution >= 4 is 0 Å². The highest BCUT2D eigenvalue weighted by molar-refractivity contribution is 5.29. The van der Waals surface area contributed by atoms with Crippen molar-refractivity contribution in [1.29, 1.82) is 0 Å². The Bertz CT molecular complexity index is 643. The van der Waals surface area contributed by atoms with Crippen LogP contribution in [0.2, 0.25) is 0 Å². The van der Waals surface area contributed by atoms with Crippen LogP contribution in [0.25, 0.3) is 0 Å². The van der Waals surface area contributed by atoms with Gasteiger partial charge in [0, 0.05) is 11.3 Å². The summed E-state index contributed by atoms with van der Waals surface area (Å²) in [6, 6.07) is 0. The van der Waals surface area contributed by atoms with Gasteiger partial charge in [-0.3, -0.25) is 0 Å². The van der Waals surface area contributed by atoms with Crippen LogP contribution in [-0.2, 0) is 0 Å². The van der Waals surface area contributed by atoms with Gasteiger partial charge in [0.15, 0.2) is 0 Å². The lowest BCUT2D eigenvalue weighted by molar-refractivity contribution is 0.163. The maximum absolute atomic E-state index is 4.70. The van der Waals surface area contributed by atoms with E-state index in [-0.39, 0.29) is 5.41 Å². The van der Waals surface area contributed by atoms with Crippen molar-refractivity contribution in [2.75, 3.05) is 0 Å². The van der Waals surface area contributed by atoms with Crippen LogP contribution >= 0.6 is 0 Å². The average Bonchev–Trinajstić information content (AvgIpc) is 2.88. The molecule has 0 rings (SSSR count). The van der Waals surface area contributed by atoms with Gasteiger partial charge in [0.1, 0.15) is 0 Å². The zero-order valence-electron chi connectivity index (χ0n) is 25.1. The second-order valence-corrected chi connectivity index (χ2v) is 10.8. The lowest BCUT2D eigenvalue weighted by atomic mass is 9.60. The Morgan fingerprint density at radius 2 is 1.36 bits per heavy atom. The van der Waals surface area contributed by atoms with E-state index in [1.54, 1.807) is 0 Å². The summed E-state index contributed by atoms with van der Waals surface area (Å²) in [4.78, 5) is 0. The highest BCUT2D eigenvalue weighted by Crippen LogP contribution is 2.48. The molecule has 0 nitrogen and oxygen atoms in total. The molecule has 0 amide bonds. The summed E-state index contributed by atoms with van der Waals surface area (Å²) in [5.41, 5.74) is 1.41. The molecule has 206 valence electrons. The quantitative estimate of drug-likeness (QED) is 0.0710. The SMILES string of the molecule is C=CCCCCC(C=CCCCC)(C(C)CCCC=CC)C(C=CCCCC)C(=C)C=CCCCC. The minimum absolute atomic E-state index is 0.111. The Morgan fingerprint density at radius 1 is 0.750 bits per heavy atom. The molecule has 0 aliphatic rings. The van der Waals surface area contributed by atoms with Crippen LogP contribution in [0, 0.1) is 17.3 Å². The first kappa shape index (κ1) is 34.4. The van der Waals surface area contributed by atoms with Crippen molar-refractivity contribution in [2.24, 2.45) is 17.3 Å². The summed E-state index contributed by atoms with van der Waals surface area (Å²) < 4.78 is 0. The lowest BCUT2D eigenvalue weighted by Gasteiger charge is -2.44. The number of unbranched alkanes of at least 4 members (excludes halogenated alkanes) is 9. The summed E-state index contributed by atoms with van der Waals surface area (Å²) in [6.45, 7) is 20.2. The first-order chi connectivity index (χ1) is 17.5. The molecule has 3 unspecified atom stereocenters. The first-order valence-corrected chi connectivity index (χ1v) is 15.5. The fourth-order valence-electron chi connectivity index (χ4n) is 5.24. The van der Waals surface area contributed by atoms with E-state index < -0.39 is 0 Å². The van der Waals surface area contributed by atoms with E-state index >= 15 is 0 Å². The average molecular weight is 495 g/mol. The minimum Gasteiger partial charge on any atom is -0.103 e. The molecule has 0 aromatic heterocycles. The van der Waals surface area contributed by atoms with Crippen LogP contribution < -0.4 is 0 Å². The molecule has 0 bridgehead atoms. The van der Waals surface area contributed by atoms with Crippen LogP contribution in [-0.4, -0.2) is 0 Å². The molecular weight excluding hydrogens is 432 g/mol. The first-order valence-electron chi connectivity index (χ1n) is 15.5. The highest BCUT2D eigenvalue weighted by Gasteiger charge is 2.40. The van der Waals surface area contributed by atoms with Gasteiger partial charge in [-0.15, -0.1) is 6.58 Å². The van der Waals surface area contributed by atoms with Gasteiger partial charge in [0.05, 0.1) is 0 Å². The number of rotatable bonds is 24. The molecule has 0 aliphatic carbocycles. The van der Waals surface area contributed by atoms with Crippen molar-refractivity contribution in [3.8, 4) is 0 Å². The third-order valence-electron chi connectivity index (χ3n) is 7.67. The van der Waals surface area contributed by atoms with E-state index in [9.17, 15) is 0 Å². The molecule has 0 aliphatic heterocycles. The third-order valence-corrected chi connectivity index (χ3v) is 7.67. The van der Waals surface area contributed by atoms with Gasteiger partial charge in [-0.1, -0.05) is 134 Å². The minimum atomic E-state index is 0.111. The largest absolute Gasteiger partial charge is 0.103 e. The van der Waals surface area contributed by atoms with E-state index in [0.717, 1.165) is 12.8 Å². The number of allylic oxidation sites excluding steroid dienone is 10. The molecule has 0 fully saturated rings. The van der Waals surface area contributed by atoms with Gasteiger partial charge in [0.2, 0.25) is 0 Å². The van der Waals surface area contributed by atoms with Crippen LogP contribution in [0.4, 0.5) is 0 Å². The standard InChI is InChI=1S/C36H62/c1-8-13-18-23-28-33(6)35(30-25-20-15-10-3)36(31-26-21-16-11-4,32-27-22-17-12-5)34(7)29-24-19-14-9-2/h9,11,14,23,25,27-28,30,32,34-35H,4,6,8,10,12-13,15-22,24,26,29,31H2,1-3,5,7H3. The summed E-state index contributed by atoms with van der Waals surface area (Å²) in [5.74, 6) is 0.955. The Morgan fingerprint density at radius 3 is 1.97 bits per heavy atom. The predicted molar refractivity (Wildman–Crippen MR) is 168 cm³/mol. The smallest absolute Gasteiger partial charge is 0.0106 e. The van der Waals surface area contributed by atoms with Crippen molar-refractivity contribution in [3.63, 3.8) is 0 Å². The zero-order valence-corrected chi connectivity index (χ0v) is 25.1. The topological polar surface area (TPSA) is 0 Å². The van der Waals surface area contributed by atoms with Gasteiger partial charge in [-0.2, -0.15) is 0 Å². The predicted octanol–water partition coefficient (Wildman–Crippen LogP) is 12.5. The van der Waals surface area contributed by atoms with Gasteiger partial charge in [0.25, 0.3) is 0 Å². The zero-order chi connectivity index (χ0) is 26.9. The molecule has 0 heteroatoms. The van der Waals surface area contributed by atoms with E-state index in [2.05, 4.69) is 95.9 Å². The fraction of sp³-hybridized carbons (Fsp3) is 0.667. The highest BCUT2D eigenvalue weighted by atomic mass is 14.4. The van der Waals surface area contributed by atoms with Gasteiger partial charge < -0.3 is 0 Å². The van der Waals surface area contributed by atoms with E-state index in [0.29, 0.717) is 11.8 Å². The van der Waals surface area contributed by atoms with Crippen molar-refractivity contribution in [2.45, 2.75) is 137 Å². The second-order valence-electron chi connectivity index (χ2n) is 10.8. The summed E-state index contributed by atoms with van der Waals surface area (Å²) in [6.07, 6.45) is 41.0. The van der Waals surface area contributed by atoms with Gasteiger partial charge in [-0.05, 0) is 76.2 Å². The van der Waals surface area contributed by atoms with Crippen LogP contribution in [0.15, 0.2) is 73.4 Å². The van der Waals surface area contributed by atoms with Gasteiger partial charge >= 0.3 is 0 Å². The Kier molecular flexibility index (Phi) is 22.8. The molecule has 3 atom stereocenters. The van der Waals surface area contributed by atoms with E-state index in [1.807, 2.05) is 0 Å². The molecular formula is C36H62. The molecule has 0 N–H and O–H groups in total. The summed E-state index contributed by atoms with van der Waals surface area (Å²) in [5, 5.41) is 0. The van der Waals surface area contributed by atoms with Crippen molar-refractivity contribution in [3.05, 3.63) is 73.4 Å². The molecule has 0 saturated heterocycles. The third kappa shape index (κ3) is 14.9. The Hall–Kier alpha value is -1.56. The molecule has 0 heterocycles. The summed E-state index contributed by atoms with van der Waals surface area (Å²) in [7, 11) is 0. The monoisotopic (exact) mass is 494 g/mol.